The van der Waals surface area contributed by atoms with Gasteiger partial charge in [-0.3, -0.25) is 4.79 Å². The zero-order chi connectivity index (χ0) is 12.6. The summed E-state index contributed by atoms with van der Waals surface area (Å²) in [6, 6.07) is -0.167. The Hall–Kier alpha value is -0.610. The van der Waals surface area contributed by atoms with Crippen LogP contribution in [0.3, 0.4) is 0 Å². The Balaban J connectivity index is 3.70. The van der Waals surface area contributed by atoms with Gasteiger partial charge >= 0.3 is 0 Å². The van der Waals surface area contributed by atoms with E-state index >= 15 is 0 Å². The number of nitrogens with one attached hydrogen (secondary N) is 2. The second-order valence-corrected chi connectivity index (χ2v) is 4.89. The third kappa shape index (κ3) is 7.65. The second kappa shape index (κ2) is 8.53. The molecule has 0 bridgehead atoms. The molecule has 0 saturated carbocycles. The molecule has 0 fully saturated rings. The van der Waals surface area contributed by atoms with Crippen molar-refractivity contribution >= 4 is 5.91 Å². The minimum atomic E-state index is -0.167. The van der Waals surface area contributed by atoms with Crippen molar-refractivity contribution in [2.24, 2.45) is 11.8 Å². The molecule has 96 valence electrons. The highest BCUT2D eigenvalue weighted by molar-refractivity contribution is 5.81. The molecule has 0 radical (unpaired) electrons. The van der Waals surface area contributed by atoms with E-state index < -0.39 is 0 Å². The van der Waals surface area contributed by atoms with Gasteiger partial charge in [0.2, 0.25) is 5.91 Å². The molecule has 0 aromatic heterocycles. The van der Waals surface area contributed by atoms with Crippen molar-refractivity contribution in [3.63, 3.8) is 0 Å². The van der Waals surface area contributed by atoms with Crippen LogP contribution in [0.25, 0.3) is 0 Å². The van der Waals surface area contributed by atoms with Crippen molar-refractivity contribution in [3.05, 3.63) is 0 Å². The summed E-state index contributed by atoms with van der Waals surface area (Å²) in [6.45, 7) is 9.75. The van der Waals surface area contributed by atoms with E-state index in [0.717, 1.165) is 19.5 Å². The summed E-state index contributed by atoms with van der Waals surface area (Å²) < 4.78 is 0. The number of rotatable bonds is 8. The molecule has 0 aromatic carbocycles. The smallest absolute Gasteiger partial charge is 0.236 e. The topological polar surface area (TPSA) is 61.4 Å². The highest BCUT2D eigenvalue weighted by atomic mass is 16.3. The first kappa shape index (κ1) is 15.4. The predicted molar refractivity (Wildman–Crippen MR) is 66.2 cm³/mol. The summed E-state index contributed by atoms with van der Waals surface area (Å²) in [6.07, 6.45) is 0.771. The number of hydrogen-bond acceptors (Lipinski definition) is 3. The Bertz CT molecular complexity index is 195. The standard InChI is InChI=1S/C12H26N2O2/c1-9(2)7-14-12(16)11(4)13-8-10(3)5-6-15/h9-11,13,15H,5-8H2,1-4H3,(H,14,16). The SMILES string of the molecule is CC(C)CNC(=O)C(C)NCC(C)CCO. The van der Waals surface area contributed by atoms with Gasteiger partial charge in [0.25, 0.3) is 0 Å². The number of carbonyl (C=O) groups is 1. The van der Waals surface area contributed by atoms with Crippen LogP contribution < -0.4 is 10.6 Å². The van der Waals surface area contributed by atoms with Crippen LogP contribution in [0.2, 0.25) is 0 Å². The second-order valence-electron chi connectivity index (χ2n) is 4.89. The van der Waals surface area contributed by atoms with E-state index in [1.165, 1.54) is 0 Å². The Kier molecular flexibility index (Phi) is 8.21. The van der Waals surface area contributed by atoms with E-state index in [9.17, 15) is 4.79 Å². The molecule has 0 rings (SSSR count). The maximum atomic E-state index is 11.6. The lowest BCUT2D eigenvalue weighted by atomic mass is 10.1. The molecule has 0 saturated heterocycles. The van der Waals surface area contributed by atoms with Crippen molar-refractivity contribution in [1.82, 2.24) is 10.6 Å². The van der Waals surface area contributed by atoms with E-state index in [1.807, 2.05) is 6.92 Å². The first-order valence-corrected chi connectivity index (χ1v) is 6.09. The van der Waals surface area contributed by atoms with Crippen molar-refractivity contribution < 1.29 is 9.90 Å². The molecule has 1 amide bonds. The largest absolute Gasteiger partial charge is 0.396 e. The lowest BCUT2D eigenvalue weighted by molar-refractivity contribution is -0.122. The number of amides is 1. The number of hydrogen-bond donors (Lipinski definition) is 3. The van der Waals surface area contributed by atoms with E-state index in [2.05, 4.69) is 31.4 Å². The lowest BCUT2D eigenvalue weighted by Gasteiger charge is -2.17. The highest BCUT2D eigenvalue weighted by Gasteiger charge is 2.13. The van der Waals surface area contributed by atoms with Crippen LogP contribution in [0.15, 0.2) is 0 Å². The van der Waals surface area contributed by atoms with Crippen LogP contribution in [-0.4, -0.2) is 36.8 Å². The normalized spacial score (nSPS) is 14.9. The van der Waals surface area contributed by atoms with E-state index in [-0.39, 0.29) is 18.6 Å². The summed E-state index contributed by atoms with van der Waals surface area (Å²) in [7, 11) is 0. The molecule has 4 heteroatoms. The van der Waals surface area contributed by atoms with Crippen LogP contribution in [0.4, 0.5) is 0 Å². The molecule has 0 aliphatic carbocycles. The summed E-state index contributed by atoms with van der Waals surface area (Å²) in [4.78, 5) is 11.6. The molecule has 0 aliphatic heterocycles. The lowest BCUT2D eigenvalue weighted by Crippen LogP contribution is -2.44. The molecule has 3 N–H and O–H groups in total. The van der Waals surface area contributed by atoms with Crippen molar-refractivity contribution in [1.29, 1.82) is 0 Å². The monoisotopic (exact) mass is 230 g/mol. The fourth-order valence-electron chi connectivity index (χ4n) is 1.25. The first-order chi connectivity index (χ1) is 7.47. The minimum Gasteiger partial charge on any atom is -0.396 e. The Labute approximate surface area is 98.8 Å². The molecule has 0 heterocycles. The molecule has 2 atom stereocenters. The fraction of sp³-hybridized carbons (Fsp3) is 0.917. The molecule has 2 unspecified atom stereocenters. The third-order valence-electron chi connectivity index (χ3n) is 2.47. The summed E-state index contributed by atoms with van der Waals surface area (Å²) >= 11 is 0. The number of aliphatic hydroxyl groups excluding tert-OH is 1. The van der Waals surface area contributed by atoms with Gasteiger partial charge in [0.15, 0.2) is 0 Å². The van der Waals surface area contributed by atoms with Gasteiger partial charge in [0.05, 0.1) is 6.04 Å². The Morgan fingerprint density at radius 1 is 1.19 bits per heavy atom. The van der Waals surface area contributed by atoms with Gasteiger partial charge in [-0.1, -0.05) is 20.8 Å². The van der Waals surface area contributed by atoms with E-state index in [1.54, 1.807) is 0 Å². The fourth-order valence-corrected chi connectivity index (χ4v) is 1.25. The molecule has 0 aromatic rings. The average Bonchev–Trinajstić information content (AvgIpc) is 2.22. The van der Waals surface area contributed by atoms with Gasteiger partial charge in [-0.15, -0.1) is 0 Å². The average molecular weight is 230 g/mol. The highest BCUT2D eigenvalue weighted by Crippen LogP contribution is 1.99. The van der Waals surface area contributed by atoms with Crippen LogP contribution in [0.5, 0.6) is 0 Å². The maximum Gasteiger partial charge on any atom is 0.236 e. The summed E-state index contributed by atoms with van der Waals surface area (Å²) in [5.41, 5.74) is 0. The molecular weight excluding hydrogens is 204 g/mol. The van der Waals surface area contributed by atoms with Crippen LogP contribution in [0, 0.1) is 11.8 Å². The van der Waals surface area contributed by atoms with Gasteiger partial charge in [-0.25, -0.2) is 0 Å². The molecule has 4 nitrogen and oxygen atoms in total. The Morgan fingerprint density at radius 2 is 1.81 bits per heavy atom. The van der Waals surface area contributed by atoms with Crippen molar-refractivity contribution in [2.45, 2.75) is 40.2 Å². The van der Waals surface area contributed by atoms with Gasteiger partial charge in [0.1, 0.15) is 0 Å². The van der Waals surface area contributed by atoms with E-state index in [0.29, 0.717) is 11.8 Å². The van der Waals surface area contributed by atoms with Gasteiger partial charge in [-0.2, -0.15) is 0 Å². The van der Waals surface area contributed by atoms with Crippen molar-refractivity contribution in [3.8, 4) is 0 Å². The molecular formula is C12H26N2O2. The zero-order valence-electron chi connectivity index (χ0n) is 10.9. The quantitative estimate of drug-likeness (QED) is 0.577. The van der Waals surface area contributed by atoms with Crippen LogP contribution in [0.1, 0.15) is 34.1 Å². The number of carbonyl (C=O) groups excluding carboxylic acids is 1. The van der Waals surface area contributed by atoms with Crippen molar-refractivity contribution in [2.75, 3.05) is 19.7 Å². The maximum absolute atomic E-state index is 11.6. The molecule has 0 spiro atoms. The van der Waals surface area contributed by atoms with Crippen LogP contribution in [-0.2, 0) is 4.79 Å². The zero-order valence-corrected chi connectivity index (χ0v) is 10.9. The third-order valence-corrected chi connectivity index (χ3v) is 2.47. The summed E-state index contributed by atoms with van der Waals surface area (Å²) in [5.74, 6) is 0.916. The van der Waals surface area contributed by atoms with Gasteiger partial charge < -0.3 is 15.7 Å². The molecule has 16 heavy (non-hydrogen) atoms. The minimum absolute atomic E-state index is 0.0462. The first-order valence-electron chi connectivity index (χ1n) is 6.09. The van der Waals surface area contributed by atoms with E-state index in [4.69, 9.17) is 5.11 Å². The van der Waals surface area contributed by atoms with Gasteiger partial charge in [-0.05, 0) is 31.7 Å². The summed E-state index contributed by atoms with van der Waals surface area (Å²) in [5, 5.41) is 14.8. The van der Waals surface area contributed by atoms with Gasteiger partial charge in [0, 0.05) is 13.2 Å². The Morgan fingerprint density at radius 3 is 2.31 bits per heavy atom. The predicted octanol–water partition coefficient (Wildman–Crippen LogP) is 0.755. The number of aliphatic hydroxyl groups is 1. The molecule has 0 aliphatic rings. The van der Waals surface area contributed by atoms with Crippen LogP contribution >= 0.6 is 0 Å².